The molecule has 3 rings (SSSR count). The van der Waals surface area contributed by atoms with E-state index in [2.05, 4.69) is 26.3 Å². The lowest BCUT2D eigenvalue weighted by Gasteiger charge is -2.30. The number of nitrogens with zero attached hydrogens (tertiary/aromatic N) is 3. The minimum atomic E-state index is -3.49. The molecule has 0 atom stereocenters. The molecule has 0 spiro atoms. The Morgan fingerprint density at radius 3 is 2.56 bits per heavy atom. The third kappa shape index (κ3) is 4.41. The highest BCUT2D eigenvalue weighted by molar-refractivity contribution is 9.10. The Morgan fingerprint density at radius 2 is 1.93 bits per heavy atom. The lowest BCUT2D eigenvalue weighted by Crippen LogP contribution is -2.43. The lowest BCUT2D eigenvalue weighted by atomic mass is 9.97. The zero-order chi connectivity index (χ0) is 19.4. The first-order chi connectivity index (χ1) is 12.9. The number of carbonyl (C=O) groups excluding carboxylic acids is 1. The number of piperidine rings is 1. The highest BCUT2D eigenvalue weighted by Gasteiger charge is 2.32. The van der Waals surface area contributed by atoms with Crippen LogP contribution >= 0.6 is 15.9 Å². The van der Waals surface area contributed by atoms with Crippen LogP contribution in [0.25, 0.3) is 0 Å². The van der Waals surface area contributed by atoms with E-state index in [0.717, 1.165) is 16.7 Å². The zero-order valence-electron chi connectivity index (χ0n) is 15.1. The average Bonchev–Trinajstić information content (AvgIpc) is 3.06. The largest absolute Gasteiger partial charge is 0.350 e. The molecule has 0 aliphatic carbocycles. The van der Waals surface area contributed by atoms with E-state index in [4.69, 9.17) is 0 Å². The van der Waals surface area contributed by atoms with Gasteiger partial charge in [-0.3, -0.25) is 9.48 Å². The summed E-state index contributed by atoms with van der Waals surface area (Å²) >= 11 is 3.45. The van der Waals surface area contributed by atoms with Gasteiger partial charge in [-0.05, 0) is 47.8 Å². The van der Waals surface area contributed by atoms with Gasteiger partial charge in [0.25, 0.3) is 0 Å². The molecule has 0 saturated carbocycles. The van der Waals surface area contributed by atoms with Gasteiger partial charge in [0.05, 0.1) is 27.8 Å². The summed E-state index contributed by atoms with van der Waals surface area (Å²) in [5, 5.41) is 7.19. The second kappa shape index (κ2) is 8.53. The van der Waals surface area contributed by atoms with Crippen molar-refractivity contribution in [3.8, 4) is 0 Å². The summed E-state index contributed by atoms with van der Waals surface area (Å²) < 4.78 is 29.5. The Hall–Kier alpha value is -1.71. The molecule has 9 heteroatoms. The summed E-state index contributed by atoms with van der Waals surface area (Å²) in [5.74, 6) is -0.216. The van der Waals surface area contributed by atoms with Crippen molar-refractivity contribution < 1.29 is 13.2 Å². The van der Waals surface area contributed by atoms with Crippen LogP contribution in [-0.2, 0) is 27.9 Å². The Kier molecular flexibility index (Phi) is 6.33. The van der Waals surface area contributed by atoms with Crippen LogP contribution in [-0.4, -0.2) is 41.5 Å². The second-order valence-electron chi connectivity index (χ2n) is 6.46. The third-order valence-corrected chi connectivity index (χ3v) is 7.41. The van der Waals surface area contributed by atoms with Crippen molar-refractivity contribution in [3.63, 3.8) is 0 Å². The summed E-state index contributed by atoms with van der Waals surface area (Å²) in [5.41, 5.74) is 0.926. The maximum Gasteiger partial charge on any atom is 0.243 e. The number of aryl methyl sites for hydroxylation is 1. The van der Waals surface area contributed by atoms with E-state index in [-0.39, 0.29) is 11.8 Å². The molecule has 1 aliphatic rings. The second-order valence-corrected chi connectivity index (χ2v) is 9.26. The SMILES string of the molecule is CCn1ncc(Br)c1CNC(=O)C1CCN(S(=O)(=O)c2ccccc2)CC1. The van der Waals surface area contributed by atoms with E-state index < -0.39 is 10.0 Å². The molecule has 1 amide bonds. The molecule has 27 heavy (non-hydrogen) atoms. The standard InChI is InChI=1S/C18H23BrN4O3S/c1-2-23-17(16(19)12-21-23)13-20-18(24)14-8-10-22(11-9-14)27(25,26)15-6-4-3-5-7-15/h3-7,12,14H,2,8-11,13H2,1H3,(H,20,24). The van der Waals surface area contributed by atoms with E-state index in [1.54, 1.807) is 36.5 Å². The van der Waals surface area contributed by atoms with Gasteiger partial charge in [-0.15, -0.1) is 0 Å². The molecule has 1 aliphatic heterocycles. The molecule has 0 radical (unpaired) electrons. The average molecular weight is 455 g/mol. The van der Waals surface area contributed by atoms with Crippen LogP contribution in [0.4, 0.5) is 0 Å². The Morgan fingerprint density at radius 1 is 1.26 bits per heavy atom. The van der Waals surface area contributed by atoms with Crippen molar-refractivity contribution in [1.29, 1.82) is 0 Å². The first-order valence-corrected chi connectivity index (χ1v) is 11.2. The Bertz CT molecular complexity index is 891. The van der Waals surface area contributed by atoms with E-state index >= 15 is 0 Å². The smallest absolute Gasteiger partial charge is 0.243 e. The van der Waals surface area contributed by atoms with Crippen LogP contribution < -0.4 is 5.32 Å². The maximum atomic E-state index is 12.7. The monoisotopic (exact) mass is 454 g/mol. The third-order valence-electron chi connectivity index (χ3n) is 4.83. The van der Waals surface area contributed by atoms with E-state index in [1.165, 1.54) is 4.31 Å². The van der Waals surface area contributed by atoms with Gasteiger partial charge in [0.15, 0.2) is 0 Å². The zero-order valence-corrected chi connectivity index (χ0v) is 17.5. The van der Waals surface area contributed by atoms with Crippen molar-refractivity contribution in [2.45, 2.75) is 37.8 Å². The molecule has 0 unspecified atom stereocenters. The number of nitrogens with one attached hydrogen (secondary N) is 1. The van der Waals surface area contributed by atoms with Crippen molar-refractivity contribution in [1.82, 2.24) is 19.4 Å². The Labute approximate surface area is 167 Å². The van der Waals surface area contributed by atoms with Crippen LogP contribution in [0.5, 0.6) is 0 Å². The van der Waals surface area contributed by atoms with Crippen LogP contribution in [0.1, 0.15) is 25.5 Å². The van der Waals surface area contributed by atoms with Crippen LogP contribution in [0.2, 0.25) is 0 Å². The minimum Gasteiger partial charge on any atom is -0.350 e. The first-order valence-electron chi connectivity index (χ1n) is 8.96. The number of hydrogen-bond acceptors (Lipinski definition) is 4. The summed E-state index contributed by atoms with van der Waals surface area (Å²) in [7, 11) is -3.49. The van der Waals surface area contributed by atoms with Gasteiger partial charge in [0, 0.05) is 25.6 Å². The molecule has 7 nitrogen and oxygen atoms in total. The van der Waals surface area contributed by atoms with E-state index in [9.17, 15) is 13.2 Å². The van der Waals surface area contributed by atoms with Crippen molar-refractivity contribution in [2.75, 3.05) is 13.1 Å². The van der Waals surface area contributed by atoms with Crippen LogP contribution in [0.3, 0.4) is 0 Å². The minimum absolute atomic E-state index is 0.0393. The number of halogens is 1. The van der Waals surface area contributed by atoms with Crippen LogP contribution in [0, 0.1) is 5.92 Å². The molecular formula is C18H23BrN4O3S. The maximum absolute atomic E-state index is 12.7. The first kappa shape index (κ1) is 20.0. The number of amides is 1. The Balaban J connectivity index is 1.56. The number of rotatable bonds is 6. The van der Waals surface area contributed by atoms with Crippen molar-refractivity contribution in [2.24, 2.45) is 5.92 Å². The van der Waals surface area contributed by atoms with Crippen molar-refractivity contribution in [3.05, 3.63) is 46.7 Å². The highest BCUT2D eigenvalue weighted by Crippen LogP contribution is 2.24. The molecule has 1 aromatic heterocycles. The van der Waals surface area contributed by atoms with Gasteiger partial charge in [-0.1, -0.05) is 18.2 Å². The molecule has 1 fully saturated rings. The summed E-state index contributed by atoms with van der Waals surface area (Å²) in [6, 6.07) is 8.42. The molecule has 2 heterocycles. The fraction of sp³-hybridized carbons (Fsp3) is 0.444. The highest BCUT2D eigenvalue weighted by atomic mass is 79.9. The number of carbonyl (C=O) groups is 1. The number of aromatic nitrogens is 2. The summed E-state index contributed by atoms with van der Waals surface area (Å²) in [6.45, 7) is 3.83. The van der Waals surface area contributed by atoms with Gasteiger partial charge in [0.2, 0.25) is 15.9 Å². The number of hydrogen-bond donors (Lipinski definition) is 1. The molecule has 1 aromatic carbocycles. The van der Waals surface area contributed by atoms with Gasteiger partial charge in [0.1, 0.15) is 0 Å². The molecule has 1 N–H and O–H groups in total. The van der Waals surface area contributed by atoms with Crippen molar-refractivity contribution >= 4 is 31.9 Å². The van der Waals surface area contributed by atoms with Gasteiger partial charge in [-0.2, -0.15) is 9.40 Å². The molecule has 146 valence electrons. The molecule has 2 aromatic rings. The van der Waals surface area contributed by atoms with Gasteiger partial charge in [-0.25, -0.2) is 8.42 Å². The normalized spacial score (nSPS) is 16.4. The molecule has 1 saturated heterocycles. The number of sulfonamides is 1. The topological polar surface area (TPSA) is 84.3 Å². The van der Waals surface area contributed by atoms with E-state index in [1.807, 2.05) is 11.6 Å². The fourth-order valence-electron chi connectivity index (χ4n) is 3.25. The van der Waals surface area contributed by atoms with Gasteiger partial charge >= 0.3 is 0 Å². The predicted octanol–water partition coefficient (Wildman–Crippen LogP) is 2.38. The molecular weight excluding hydrogens is 432 g/mol. The predicted molar refractivity (Wildman–Crippen MR) is 105 cm³/mol. The summed E-state index contributed by atoms with van der Waals surface area (Å²) in [6.07, 6.45) is 2.76. The molecule has 0 bridgehead atoms. The van der Waals surface area contributed by atoms with Crippen LogP contribution in [0.15, 0.2) is 45.9 Å². The fourth-order valence-corrected chi connectivity index (χ4v) is 5.18. The lowest BCUT2D eigenvalue weighted by molar-refractivity contribution is -0.126. The van der Waals surface area contributed by atoms with Gasteiger partial charge < -0.3 is 5.32 Å². The quantitative estimate of drug-likeness (QED) is 0.725. The number of benzene rings is 1. The summed E-state index contributed by atoms with van der Waals surface area (Å²) in [4.78, 5) is 12.8. The van der Waals surface area contributed by atoms with E-state index in [0.29, 0.717) is 37.4 Å².